The maximum Gasteiger partial charge on any atom is 0.257 e. The second-order valence-corrected chi connectivity index (χ2v) is 6.59. The highest BCUT2D eigenvalue weighted by atomic mass is 79.9. The van der Waals surface area contributed by atoms with Gasteiger partial charge in [0.05, 0.1) is 17.3 Å². The highest BCUT2D eigenvalue weighted by molar-refractivity contribution is 9.10. The van der Waals surface area contributed by atoms with Crippen molar-refractivity contribution >= 4 is 27.7 Å². The van der Waals surface area contributed by atoms with Crippen molar-refractivity contribution < 1.29 is 4.79 Å². The van der Waals surface area contributed by atoms with Crippen molar-refractivity contribution in [3.63, 3.8) is 0 Å². The molecule has 3 heterocycles. The summed E-state index contributed by atoms with van der Waals surface area (Å²) in [7, 11) is 1.80. The van der Waals surface area contributed by atoms with Crippen molar-refractivity contribution in [2.45, 2.75) is 6.42 Å². The Labute approximate surface area is 148 Å². The standard InChI is InChI=1S/C16H17BrN6O/c1-21-11-13(9-20-21)16(24)23-4-2-3-22(5-6-23)15-12(8-18)7-14(17)10-19-15/h7,9-11H,2-6H2,1H3. The van der Waals surface area contributed by atoms with E-state index in [-0.39, 0.29) is 5.91 Å². The highest BCUT2D eigenvalue weighted by Crippen LogP contribution is 2.22. The van der Waals surface area contributed by atoms with Gasteiger partial charge in [-0.1, -0.05) is 0 Å². The molecule has 2 aromatic rings. The van der Waals surface area contributed by atoms with Gasteiger partial charge < -0.3 is 9.80 Å². The third-order valence-corrected chi connectivity index (χ3v) is 4.42. The lowest BCUT2D eigenvalue weighted by Gasteiger charge is -2.23. The number of hydrogen-bond acceptors (Lipinski definition) is 5. The largest absolute Gasteiger partial charge is 0.354 e. The van der Waals surface area contributed by atoms with Crippen molar-refractivity contribution in [3.8, 4) is 6.07 Å². The highest BCUT2D eigenvalue weighted by Gasteiger charge is 2.23. The quantitative estimate of drug-likeness (QED) is 0.783. The molecule has 7 nitrogen and oxygen atoms in total. The van der Waals surface area contributed by atoms with E-state index in [0.717, 1.165) is 17.4 Å². The normalized spacial score (nSPS) is 15.0. The summed E-state index contributed by atoms with van der Waals surface area (Å²) >= 11 is 3.34. The number of hydrogen-bond donors (Lipinski definition) is 0. The maximum absolute atomic E-state index is 12.6. The molecule has 0 atom stereocenters. The van der Waals surface area contributed by atoms with E-state index in [1.807, 2.05) is 4.90 Å². The number of nitriles is 1. The molecule has 0 unspecified atom stereocenters. The van der Waals surface area contributed by atoms with E-state index in [2.05, 4.69) is 37.0 Å². The molecule has 1 aliphatic heterocycles. The van der Waals surface area contributed by atoms with E-state index in [9.17, 15) is 10.1 Å². The molecular formula is C16H17BrN6O. The number of pyridine rings is 1. The molecule has 124 valence electrons. The Balaban J connectivity index is 1.74. The molecule has 0 radical (unpaired) electrons. The van der Waals surface area contributed by atoms with Crippen molar-refractivity contribution in [2.75, 3.05) is 31.1 Å². The molecule has 1 fully saturated rings. The van der Waals surface area contributed by atoms with E-state index < -0.39 is 0 Å². The number of carbonyl (C=O) groups excluding carboxylic acids is 1. The summed E-state index contributed by atoms with van der Waals surface area (Å²) in [6.45, 7) is 2.69. The lowest BCUT2D eigenvalue weighted by atomic mass is 10.2. The molecule has 2 aromatic heterocycles. The zero-order chi connectivity index (χ0) is 17.1. The van der Waals surface area contributed by atoms with Crippen molar-refractivity contribution in [1.82, 2.24) is 19.7 Å². The summed E-state index contributed by atoms with van der Waals surface area (Å²) in [4.78, 5) is 20.8. The van der Waals surface area contributed by atoms with E-state index in [4.69, 9.17) is 0 Å². The van der Waals surface area contributed by atoms with Gasteiger partial charge >= 0.3 is 0 Å². The van der Waals surface area contributed by atoms with Gasteiger partial charge in [-0.2, -0.15) is 10.4 Å². The molecule has 0 spiro atoms. The minimum absolute atomic E-state index is 0.00535. The number of halogens is 1. The zero-order valence-corrected chi connectivity index (χ0v) is 14.9. The number of aromatic nitrogens is 3. The first-order valence-electron chi connectivity index (χ1n) is 7.67. The number of anilines is 1. The minimum Gasteiger partial charge on any atom is -0.354 e. The van der Waals surface area contributed by atoms with E-state index in [1.54, 1.807) is 36.4 Å². The fraction of sp³-hybridized carbons (Fsp3) is 0.375. The zero-order valence-electron chi connectivity index (χ0n) is 13.3. The van der Waals surface area contributed by atoms with Crippen LogP contribution in [0.5, 0.6) is 0 Å². The number of rotatable bonds is 2. The number of amides is 1. The Kier molecular flexibility index (Phi) is 4.81. The monoisotopic (exact) mass is 388 g/mol. The number of aryl methyl sites for hydroxylation is 1. The summed E-state index contributed by atoms with van der Waals surface area (Å²) in [6, 6.07) is 3.96. The predicted molar refractivity (Wildman–Crippen MR) is 92.6 cm³/mol. The van der Waals surface area contributed by atoms with Gasteiger partial charge in [-0.25, -0.2) is 4.98 Å². The summed E-state index contributed by atoms with van der Waals surface area (Å²) in [5.41, 5.74) is 1.14. The van der Waals surface area contributed by atoms with Gasteiger partial charge in [-0.15, -0.1) is 0 Å². The van der Waals surface area contributed by atoms with Gasteiger partial charge in [-0.3, -0.25) is 9.48 Å². The topological polar surface area (TPSA) is 78.0 Å². The third-order valence-electron chi connectivity index (χ3n) is 3.99. The van der Waals surface area contributed by atoms with Gasteiger partial charge in [0.25, 0.3) is 5.91 Å². The van der Waals surface area contributed by atoms with Crippen LogP contribution in [0.15, 0.2) is 29.1 Å². The van der Waals surface area contributed by atoms with Crippen LogP contribution in [0.2, 0.25) is 0 Å². The van der Waals surface area contributed by atoms with Gasteiger partial charge in [0.1, 0.15) is 11.9 Å². The van der Waals surface area contributed by atoms with E-state index in [0.29, 0.717) is 36.6 Å². The van der Waals surface area contributed by atoms with E-state index in [1.165, 1.54) is 0 Å². The fourth-order valence-corrected chi connectivity index (χ4v) is 3.14. The maximum atomic E-state index is 12.6. The van der Waals surface area contributed by atoms with Crippen LogP contribution < -0.4 is 4.90 Å². The number of carbonyl (C=O) groups is 1. The average Bonchev–Trinajstić information content (AvgIpc) is 2.87. The molecule has 0 aliphatic carbocycles. The van der Waals surface area contributed by atoms with Crippen LogP contribution in [-0.4, -0.2) is 51.8 Å². The van der Waals surface area contributed by atoms with Crippen molar-refractivity contribution in [1.29, 1.82) is 5.26 Å². The average molecular weight is 389 g/mol. The molecule has 1 amide bonds. The van der Waals surface area contributed by atoms with Crippen LogP contribution in [0.3, 0.4) is 0 Å². The van der Waals surface area contributed by atoms with Crippen molar-refractivity contribution in [2.24, 2.45) is 7.05 Å². The Morgan fingerprint density at radius 1 is 1.29 bits per heavy atom. The third kappa shape index (κ3) is 3.41. The summed E-state index contributed by atoms with van der Waals surface area (Å²) in [5, 5.41) is 13.4. The Bertz CT molecular complexity index is 796. The lowest BCUT2D eigenvalue weighted by Crippen LogP contribution is -2.35. The molecular weight excluding hydrogens is 372 g/mol. The minimum atomic E-state index is -0.00535. The first-order chi connectivity index (χ1) is 11.6. The van der Waals surface area contributed by atoms with Crippen LogP contribution in [0.25, 0.3) is 0 Å². The first-order valence-corrected chi connectivity index (χ1v) is 8.46. The SMILES string of the molecule is Cn1cc(C(=O)N2CCCN(c3ncc(Br)cc3C#N)CC2)cn1. The second-order valence-electron chi connectivity index (χ2n) is 5.67. The molecule has 1 aliphatic rings. The van der Waals surface area contributed by atoms with Gasteiger partial charge in [0, 0.05) is 50.1 Å². The molecule has 8 heteroatoms. The van der Waals surface area contributed by atoms with Crippen LogP contribution in [0.1, 0.15) is 22.3 Å². The van der Waals surface area contributed by atoms with Gasteiger partial charge in [0.15, 0.2) is 0 Å². The lowest BCUT2D eigenvalue weighted by molar-refractivity contribution is 0.0767. The van der Waals surface area contributed by atoms with Gasteiger partial charge in [0.2, 0.25) is 0 Å². The van der Waals surface area contributed by atoms with Crippen LogP contribution >= 0.6 is 15.9 Å². The Hall–Kier alpha value is -2.40. The van der Waals surface area contributed by atoms with Crippen LogP contribution in [0.4, 0.5) is 5.82 Å². The molecule has 0 aromatic carbocycles. The second kappa shape index (κ2) is 7.01. The Morgan fingerprint density at radius 2 is 2.12 bits per heavy atom. The first kappa shape index (κ1) is 16.5. The Morgan fingerprint density at radius 3 is 2.83 bits per heavy atom. The molecule has 0 N–H and O–H groups in total. The molecule has 1 saturated heterocycles. The van der Waals surface area contributed by atoms with Gasteiger partial charge in [-0.05, 0) is 28.4 Å². The number of nitrogens with zero attached hydrogens (tertiary/aromatic N) is 6. The van der Waals surface area contributed by atoms with Crippen LogP contribution in [0, 0.1) is 11.3 Å². The summed E-state index contributed by atoms with van der Waals surface area (Å²) in [5.74, 6) is 0.672. The van der Waals surface area contributed by atoms with Crippen LogP contribution in [-0.2, 0) is 7.05 Å². The van der Waals surface area contributed by atoms with Crippen molar-refractivity contribution in [3.05, 3.63) is 40.3 Å². The fourth-order valence-electron chi connectivity index (χ4n) is 2.81. The molecule has 0 saturated carbocycles. The smallest absolute Gasteiger partial charge is 0.257 e. The molecule has 3 rings (SSSR count). The summed E-state index contributed by atoms with van der Waals surface area (Å²) < 4.78 is 2.41. The molecule has 0 bridgehead atoms. The van der Waals surface area contributed by atoms with E-state index >= 15 is 0 Å². The summed E-state index contributed by atoms with van der Waals surface area (Å²) in [6.07, 6.45) is 5.85. The molecule has 24 heavy (non-hydrogen) atoms. The predicted octanol–water partition coefficient (Wildman–Crippen LogP) is 1.80.